The van der Waals surface area contributed by atoms with Crippen molar-refractivity contribution in [1.29, 1.82) is 0 Å². The van der Waals surface area contributed by atoms with Gasteiger partial charge in [0.25, 0.3) is 0 Å². The minimum Gasteiger partial charge on any atom is -0.294 e. The fourth-order valence-electron chi connectivity index (χ4n) is 1.71. The van der Waals surface area contributed by atoms with E-state index in [1.54, 1.807) is 6.07 Å². The highest BCUT2D eigenvalue weighted by Crippen LogP contribution is 2.21. The van der Waals surface area contributed by atoms with Crippen molar-refractivity contribution in [3.63, 3.8) is 0 Å². The van der Waals surface area contributed by atoms with E-state index in [0.29, 0.717) is 10.0 Å². The first-order chi connectivity index (χ1) is 8.95. The molecule has 0 bridgehead atoms. The molecule has 0 fully saturated rings. The molecule has 0 aliphatic carbocycles. The lowest BCUT2D eigenvalue weighted by molar-refractivity contribution is 0.0993. The van der Waals surface area contributed by atoms with Gasteiger partial charge in [0.05, 0.1) is 5.02 Å². The summed E-state index contributed by atoms with van der Waals surface area (Å²) in [5.41, 5.74) is 0.751. The van der Waals surface area contributed by atoms with Gasteiger partial charge >= 0.3 is 0 Å². The first-order valence-corrected chi connectivity index (χ1v) is 6.56. The fraction of sp³-hybridized carbons (Fsp3) is 0.0714. The summed E-state index contributed by atoms with van der Waals surface area (Å²) < 4.78 is 26.6. The molecule has 0 heterocycles. The molecule has 0 saturated carbocycles. The molecule has 2 rings (SSSR count). The van der Waals surface area contributed by atoms with Crippen LogP contribution in [0.1, 0.15) is 15.9 Å². The maximum Gasteiger partial charge on any atom is 0.168 e. The summed E-state index contributed by atoms with van der Waals surface area (Å²) in [5.74, 6) is -1.22. The molecular weight excluding hydrogens is 338 g/mol. The van der Waals surface area contributed by atoms with E-state index < -0.39 is 11.6 Å². The van der Waals surface area contributed by atoms with Gasteiger partial charge in [0, 0.05) is 16.5 Å². The van der Waals surface area contributed by atoms with Gasteiger partial charge in [-0.25, -0.2) is 8.78 Å². The second-order valence-electron chi connectivity index (χ2n) is 4.00. The quantitative estimate of drug-likeness (QED) is 0.730. The van der Waals surface area contributed by atoms with Crippen LogP contribution in [0.3, 0.4) is 0 Å². The van der Waals surface area contributed by atoms with Crippen molar-refractivity contribution in [3.05, 3.63) is 68.7 Å². The van der Waals surface area contributed by atoms with Crippen LogP contribution in [0, 0.1) is 11.6 Å². The van der Waals surface area contributed by atoms with Crippen molar-refractivity contribution >= 4 is 33.3 Å². The average molecular weight is 346 g/mol. The predicted octanol–water partition coefficient (Wildman–Crippen LogP) is 4.81. The molecule has 0 aliphatic heterocycles. The topological polar surface area (TPSA) is 17.1 Å². The largest absolute Gasteiger partial charge is 0.294 e. The third-order valence-electron chi connectivity index (χ3n) is 2.52. The highest BCUT2D eigenvalue weighted by molar-refractivity contribution is 9.10. The first kappa shape index (κ1) is 14.2. The van der Waals surface area contributed by atoms with Crippen molar-refractivity contribution in [1.82, 2.24) is 0 Å². The van der Waals surface area contributed by atoms with Gasteiger partial charge in [0.2, 0.25) is 0 Å². The highest BCUT2D eigenvalue weighted by atomic mass is 79.9. The van der Waals surface area contributed by atoms with Crippen molar-refractivity contribution in [2.24, 2.45) is 0 Å². The lowest BCUT2D eigenvalue weighted by Gasteiger charge is -2.05. The summed E-state index contributed by atoms with van der Waals surface area (Å²) in [7, 11) is 0. The molecule has 0 radical (unpaired) electrons. The predicted molar refractivity (Wildman–Crippen MR) is 73.5 cm³/mol. The third kappa shape index (κ3) is 3.61. The van der Waals surface area contributed by atoms with Gasteiger partial charge in [-0.2, -0.15) is 0 Å². The number of halogens is 4. The van der Waals surface area contributed by atoms with Crippen LogP contribution in [0.4, 0.5) is 8.78 Å². The molecule has 0 spiro atoms. The van der Waals surface area contributed by atoms with E-state index in [1.807, 2.05) is 0 Å². The van der Waals surface area contributed by atoms with Crippen LogP contribution in [0.15, 0.2) is 40.9 Å². The highest BCUT2D eigenvalue weighted by Gasteiger charge is 2.12. The molecular formula is C14H8BrClF2O. The number of carbonyl (C=O) groups excluding carboxylic acids is 1. The smallest absolute Gasteiger partial charge is 0.168 e. The zero-order valence-corrected chi connectivity index (χ0v) is 11.9. The average Bonchev–Trinajstić information content (AvgIpc) is 2.26. The molecule has 2 aromatic rings. The number of Topliss-reactive ketones (excluding diaryl/α,β-unsaturated/α-hetero) is 1. The van der Waals surface area contributed by atoms with Gasteiger partial charge < -0.3 is 0 Å². The first-order valence-electron chi connectivity index (χ1n) is 5.39. The molecule has 0 unspecified atom stereocenters. The van der Waals surface area contributed by atoms with Gasteiger partial charge in [-0.15, -0.1) is 0 Å². The summed E-state index contributed by atoms with van der Waals surface area (Å²) in [6.07, 6.45) is 0.00170. The van der Waals surface area contributed by atoms with Crippen LogP contribution in [0.5, 0.6) is 0 Å². The Morgan fingerprint density at radius 2 is 1.84 bits per heavy atom. The molecule has 0 N–H and O–H groups in total. The zero-order valence-electron chi connectivity index (χ0n) is 9.59. The Labute approximate surface area is 122 Å². The zero-order chi connectivity index (χ0) is 14.0. The maximum absolute atomic E-state index is 13.2. The van der Waals surface area contributed by atoms with Gasteiger partial charge in [-0.1, -0.05) is 27.5 Å². The van der Waals surface area contributed by atoms with E-state index >= 15 is 0 Å². The monoisotopic (exact) mass is 344 g/mol. The Balaban J connectivity index is 2.25. The van der Waals surface area contributed by atoms with E-state index in [0.717, 1.165) is 6.07 Å². The molecule has 0 aliphatic rings. The molecule has 0 amide bonds. The Morgan fingerprint density at radius 1 is 1.11 bits per heavy atom. The fourth-order valence-corrected chi connectivity index (χ4v) is 2.49. The van der Waals surface area contributed by atoms with E-state index in [9.17, 15) is 13.6 Å². The molecule has 5 heteroatoms. The Morgan fingerprint density at radius 3 is 2.47 bits per heavy atom. The van der Waals surface area contributed by atoms with Crippen molar-refractivity contribution in [3.8, 4) is 0 Å². The molecule has 0 atom stereocenters. The van der Waals surface area contributed by atoms with Crippen LogP contribution >= 0.6 is 27.5 Å². The van der Waals surface area contributed by atoms with Crippen LogP contribution in [0.25, 0.3) is 0 Å². The van der Waals surface area contributed by atoms with Crippen molar-refractivity contribution in [2.75, 3.05) is 0 Å². The van der Waals surface area contributed by atoms with Crippen molar-refractivity contribution in [2.45, 2.75) is 6.42 Å². The Bertz CT molecular complexity index is 623. The van der Waals surface area contributed by atoms with Gasteiger partial charge in [-0.3, -0.25) is 4.79 Å². The van der Waals surface area contributed by atoms with Gasteiger partial charge in [-0.05, 0) is 42.0 Å². The number of hydrogen-bond donors (Lipinski definition) is 0. The lowest BCUT2D eigenvalue weighted by atomic mass is 10.0. The summed E-state index contributed by atoms with van der Waals surface area (Å²) >= 11 is 8.97. The van der Waals surface area contributed by atoms with E-state index in [-0.39, 0.29) is 22.8 Å². The molecule has 98 valence electrons. The molecule has 1 nitrogen and oxygen atoms in total. The number of benzene rings is 2. The third-order valence-corrected chi connectivity index (χ3v) is 3.29. The lowest BCUT2D eigenvalue weighted by Crippen LogP contribution is -2.05. The number of carbonyl (C=O) groups is 1. The molecule has 19 heavy (non-hydrogen) atoms. The molecule has 0 aromatic heterocycles. The second-order valence-corrected chi connectivity index (χ2v) is 5.32. The Kier molecular flexibility index (Phi) is 4.32. The van der Waals surface area contributed by atoms with E-state index in [4.69, 9.17) is 11.6 Å². The summed E-state index contributed by atoms with van der Waals surface area (Å²) in [6.45, 7) is 0. The maximum atomic E-state index is 13.2. The summed E-state index contributed by atoms with van der Waals surface area (Å²) in [4.78, 5) is 12.0. The second kappa shape index (κ2) is 5.80. The standard InChI is InChI=1S/C14H8BrClF2O/c15-9-3-8(4-11(18)6-9)5-14(19)12-2-1-10(17)7-13(12)16/h1-4,6-7H,5H2. The minimum atomic E-state index is -0.505. The summed E-state index contributed by atoms with van der Waals surface area (Å²) in [6, 6.07) is 7.81. The van der Waals surface area contributed by atoms with Gasteiger partial charge in [0.1, 0.15) is 11.6 Å². The van der Waals surface area contributed by atoms with Crippen LogP contribution in [-0.2, 0) is 6.42 Å². The normalized spacial score (nSPS) is 10.5. The van der Waals surface area contributed by atoms with E-state index in [2.05, 4.69) is 15.9 Å². The Hall–Kier alpha value is -1.26. The minimum absolute atomic E-state index is 0.00170. The van der Waals surface area contributed by atoms with Crippen LogP contribution < -0.4 is 0 Å². The summed E-state index contributed by atoms with van der Waals surface area (Å²) in [5, 5.41) is 0.0560. The van der Waals surface area contributed by atoms with Crippen LogP contribution in [0.2, 0.25) is 5.02 Å². The van der Waals surface area contributed by atoms with Crippen molar-refractivity contribution < 1.29 is 13.6 Å². The number of ketones is 1. The van der Waals surface area contributed by atoms with Gasteiger partial charge in [0.15, 0.2) is 5.78 Å². The molecule has 0 saturated heterocycles. The number of hydrogen-bond acceptors (Lipinski definition) is 1. The number of rotatable bonds is 3. The van der Waals surface area contributed by atoms with E-state index in [1.165, 1.54) is 24.3 Å². The molecule has 2 aromatic carbocycles. The SMILES string of the molecule is O=C(Cc1cc(F)cc(Br)c1)c1ccc(F)cc1Cl. The van der Waals surface area contributed by atoms with Crippen LogP contribution in [-0.4, -0.2) is 5.78 Å².